The standard InChI is InChI=1S/C8H8N2O5/c1-5-2-3-6(10(14)15)8(13)9(5)4-7(11)12/h2-3H,4H2,1H3,(H,11,12). The van der Waals surface area contributed by atoms with E-state index >= 15 is 0 Å². The van der Waals surface area contributed by atoms with Crippen molar-refractivity contribution in [2.24, 2.45) is 0 Å². The zero-order chi connectivity index (χ0) is 11.6. The number of nitro groups is 1. The molecule has 0 fully saturated rings. The number of hydrogen-bond donors (Lipinski definition) is 1. The fourth-order valence-electron chi connectivity index (χ4n) is 1.13. The molecule has 0 bridgehead atoms. The first kappa shape index (κ1) is 10.9. The lowest BCUT2D eigenvalue weighted by atomic mass is 10.3. The van der Waals surface area contributed by atoms with Crippen LogP contribution in [0, 0.1) is 17.0 Å². The predicted molar refractivity (Wildman–Crippen MR) is 49.7 cm³/mol. The minimum atomic E-state index is -1.22. The first-order valence-electron chi connectivity index (χ1n) is 4.00. The molecule has 0 aliphatic rings. The van der Waals surface area contributed by atoms with Crippen LogP contribution in [0.1, 0.15) is 5.69 Å². The van der Waals surface area contributed by atoms with Gasteiger partial charge in [0.25, 0.3) is 0 Å². The number of aliphatic carboxylic acids is 1. The topological polar surface area (TPSA) is 102 Å². The molecule has 0 aromatic carbocycles. The van der Waals surface area contributed by atoms with Crippen LogP contribution in [0.3, 0.4) is 0 Å². The average Bonchev–Trinajstić information content (AvgIpc) is 2.11. The minimum absolute atomic E-state index is 0.369. The monoisotopic (exact) mass is 212 g/mol. The summed E-state index contributed by atoms with van der Waals surface area (Å²) in [6.07, 6.45) is 0. The Morgan fingerprint density at radius 2 is 2.20 bits per heavy atom. The van der Waals surface area contributed by atoms with E-state index in [-0.39, 0.29) is 0 Å². The molecule has 1 aromatic heterocycles. The van der Waals surface area contributed by atoms with Gasteiger partial charge in [0, 0.05) is 11.8 Å². The fourth-order valence-corrected chi connectivity index (χ4v) is 1.13. The molecular formula is C8H8N2O5. The second kappa shape index (κ2) is 3.91. The van der Waals surface area contributed by atoms with Gasteiger partial charge in [-0.1, -0.05) is 0 Å². The third-order valence-corrected chi connectivity index (χ3v) is 1.86. The van der Waals surface area contributed by atoms with Gasteiger partial charge in [-0.25, -0.2) is 0 Å². The van der Waals surface area contributed by atoms with Crippen molar-refractivity contribution in [3.63, 3.8) is 0 Å². The number of pyridine rings is 1. The van der Waals surface area contributed by atoms with Gasteiger partial charge in [0.15, 0.2) is 0 Å². The summed E-state index contributed by atoms with van der Waals surface area (Å²) in [4.78, 5) is 31.4. The third-order valence-electron chi connectivity index (χ3n) is 1.86. The molecule has 15 heavy (non-hydrogen) atoms. The van der Waals surface area contributed by atoms with E-state index in [0.717, 1.165) is 10.6 Å². The Hall–Kier alpha value is -2.18. The van der Waals surface area contributed by atoms with Crippen LogP contribution in [0.2, 0.25) is 0 Å². The number of aromatic nitrogens is 1. The number of rotatable bonds is 3. The summed E-state index contributed by atoms with van der Waals surface area (Å²) in [6.45, 7) is 0.931. The normalized spacial score (nSPS) is 9.93. The van der Waals surface area contributed by atoms with E-state index in [0.29, 0.717) is 5.69 Å². The first-order chi connectivity index (χ1) is 6.93. The van der Waals surface area contributed by atoms with Gasteiger partial charge in [0.1, 0.15) is 6.54 Å². The highest BCUT2D eigenvalue weighted by atomic mass is 16.6. The molecule has 7 heteroatoms. The lowest BCUT2D eigenvalue weighted by Crippen LogP contribution is -2.27. The Kier molecular flexibility index (Phi) is 2.84. The molecule has 0 aliphatic carbocycles. The third kappa shape index (κ3) is 2.19. The maximum Gasteiger partial charge on any atom is 0.334 e. The molecule has 0 atom stereocenters. The smallest absolute Gasteiger partial charge is 0.334 e. The van der Waals surface area contributed by atoms with Crippen molar-refractivity contribution in [2.75, 3.05) is 0 Å². The molecule has 1 aromatic rings. The van der Waals surface area contributed by atoms with Gasteiger partial charge in [-0.15, -0.1) is 0 Å². The number of aryl methyl sites for hydroxylation is 1. The van der Waals surface area contributed by atoms with Gasteiger partial charge in [-0.3, -0.25) is 24.3 Å². The summed E-state index contributed by atoms with van der Waals surface area (Å²) >= 11 is 0. The molecule has 80 valence electrons. The number of carboxylic acid groups (broad SMARTS) is 1. The highest BCUT2D eigenvalue weighted by molar-refractivity contribution is 5.66. The summed E-state index contributed by atoms with van der Waals surface area (Å²) in [5, 5.41) is 18.9. The Bertz CT molecular complexity index is 476. The van der Waals surface area contributed by atoms with Gasteiger partial charge in [0.2, 0.25) is 0 Å². The van der Waals surface area contributed by atoms with Gasteiger partial charge in [-0.05, 0) is 13.0 Å². The summed E-state index contributed by atoms with van der Waals surface area (Å²) in [7, 11) is 0. The maximum absolute atomic E-state index is 11.4. The van der Waals surface area contributed by atoms with Crippen molar-refractivity contribution in [3.8, 4) is 0 Å². The lowest BCUT2D eigenvalue weighted by molar-refractivity contribution is -0.386. The highest BCUT2D eigenvalue weighted by Crippen LogP contribution is 2.05. The van der Waals surface area contributed by atoms with E-state index in [1.54, 1.807) is 0 Å². The zero-order valence-electron chi connectivity index (χ0n) is 7.84. The molecular weight excluding hydrogens is 204 g/mol. The van der Waals surface area contributed by atoms with Crippen LogP contribution in [0.5, 0.6) is 0 Å². The van der Waals surface area contributed by atoms with Crippen LogP contribution >= 0.6 is 0 Å². The second-order valence-corrected chi connectivity index (χ2v) is 2.90. The summed E-state index contributed by atoms with van der Waals surface area (Å²) in [6, 6.07) is 2.40. The van der Waals surface area contributed by atoms with E-state index in [9.17, 15) is 19.7 Å². The van der Waals surface area contributed by atoms with E-state index in [1.165, 1.54) is 13.0 Å². The Morgan fingerprint density at radius 1 is 1.60 bits per heavy atom. The van der Waals surface area contributed by atoms with Crippen LogP contribution in [-0.2, 0) is 11.3 Å². The van der Waals surface area contributed by atoms with Crippen LogP contribution in [0.15, 0.2) is 16.9 Å². The predicted octanol–water partition coefficient (Wildman–Crippen LogP) is 0.150. The van der Waals surface area contributed by atoms with Crippen molar-refractivity contribution in [2.45, 2.75) is 13.5 Å². The summed E-state index contributed by atoms with van der Waals surface area (Å²) in [5.74, 6) is -1.22. The number of carbonyl (C=O) groups is 1. The summed E-state index contributed by atoms with van der Waals surface area (Å²) < 4.78 is 0.848. The molecule has 0 radical (unpaired) electrons. The molecule has 7 nitrogen and oxygen atoms in total. The van der Waals surface area contributed by atoms with Gasteiger partial charge >= 0.3 is 17.2 Å². The first-order valence-corrected chi connectivity index (χ1v) is 4.00. The lowest BCUT2D eigenvalue weighted by Gasteiger charge is -2.05. The molecule has 1 N–H and O–H groups in total. The number of nitrogens with zero attached hydrogens (tertiary/aromatic N) is 2. The minimum Gasteiger partial charge on any atom is -0.480 e. The SMILES string of the molecule is Cc1ccc([N+](=O)[O-])c(=O)n1CC(=O)O. The average molecular weight is 212 g/mol. The Labute approximate surface area is 83.7 Å². The molecule has 0 spiro atoms. The highest BCUT2D eigenvalue weighted by Gasteiger charge is 2.16. The Morgan fingerprint density at radius 3 is 2.67 bits per heavy atom. The van der Waals surface area contributed by atoms with Gasteiger partial charge < -0.3 is 5.11 Å². The van der Waals surface area contributed by atoms with E-state index in [2.05, 4.69) is 0 Å². The van der Waals surface area contributed by atoms with Gasteiger partial charge in [-0.2, -0.15) is 0 Å². The van der Waals surface area contributed by atoms with Crippen LogP contribution in [0.4, 0.5) is 5.69 Å². The fraction of sp³-hybridized carbons (Fsp3) is 0.250. The van der Waals surface area contributed by atoms with E-state index in [4.69, 9.17) is 5.11 Å². The van der Waals surface area contributed by atoms with Crippen molar-refractivity contribution >= 4 is 11.7 Å². The van der Waals surface area contributed by atoms with Crippen molar-refractivity contribution in [3.05, 3.63) is 38.3 Å². The van der Waals surface area contributed by atoms with E-state index in [1.807, 2.05) is 0 Å². The van der Waals surface area contributed by atoms with Crippen LogP contribution in [0.25, 0.3) is 0 Å². The zero-order valence-corrected chi connectivity index (χ0v) is 7.84. The van der Waals surface area contributed by atoms with Gasteiger partial charge in [0.05, 0.1) is 4.92 Å². The second-order valence-electron chi connectivity index (χ2n) is 2.90. The van der Waals surface area contributed by atoms with Crippen molar-refractivity contribution < 1.29 is 14.8 Å². The Balaban J connectivity index is 3.37. The molecule has 0 amide bonds. The van der Waals surface area contributed by atoms with Crippen molar-refractivity contribution in [1.29, 1.82) is 0 Å². The molecule has 0 unspecified atom stereocenters. The van der Waals surface area contributed by atoms with Crippen molar-refractivity contribution in [1.82, 2.24) is 4.57 Å². The summed E-state index contributed by atoms with van der Waals surface area (Å²) in [5.41, 5.74) is -1.16. The molecule has 1 heterocycles. The van der Waals surface area contributed by atoms with Crippen LogP contribution in [-0.4, -0.2) is 20.6 Å². The maximum atomic E-state index is 11.4. The quantitative estimate of drug-likeness (QED) is 0.567. The van der Waals surface area contributed by atoms with Crippen LogP contribution < -0.4 is 5.56 Å². The number of carboxylic acids is 1. The molecule has 0 saturated heterocycles. The largest absolute Gasteiger partial charge is 0.480 e. The van der Waals surface area contributed by atoms with E-state index < -0.39 is 28.7 Å². The molecule has 0 saturated carbocycles. The number of hydrogen-bond acceptors (Lipinski definition) is 4. The molecule has 0 aliphatic heterocycles. The molecule has 1 rings (SSSR count).